The molecule has 3 nitrogen and oxygen atoms in total. The van der Waals surface area contributed by atoms with Crippen LogP contribution in [0.3, 0.4) is 0 Å². The first-order chi connectivity index (χ1) is 9.05. The fourth-order valence-corrected chi connectivity index (χ4v) is 4.25. The molecule has 0 aromatic rings. The van der Waals surface area contributed by atoms with Crippen molar-refractivity contribution in [2.24, 2.45) is 5.92 Å². The summed E-state index contributed by atoms with van der Waals surface area (Å²) in [6, 6.07) is 0. The molecule has 0 aliphatic carbocycles. The maximum Gasteiger partial charge on any atom is 0.192 e. The molecule has 0 spiro atoms. The molecule has 0 saturated carbocycles. The van der Waals surface area contributed by atoms with Crippen LogP contribution < -0.4 is 0 Å². The summed E-state index contributed by atoms with van der Waals surface area (Å²) in [6.45, 7) is 20.2. The van der Waals surface area contributed by atoms with Crippen molar-refractivity contribution in [1.82, 2.24) is 0 Å². The summed E-state index contributed by atoms with van der Waals surface area (Å²) in [5.74, 6) is 0.229. The lowest BCUT2D eigenvalue weighted by atomic mass is 9.86. The Bertz CT molecular complexity index is 388. The largest absolute Gasteiger partial charge is 0.408 e. The van der Waals surface area contributed by atoms with Crippen molar-refractivity contribution in [3.8, 4) is 0 Å². The molecule has 4 heteroatoms. The lowest BCUT2D eigenvalue weighted by Crippen LogP contribution is -2.53. The van der Waals surface area contributed by atoms with Gasteiger partial charge in [-0.05, 0) is 25.1 Å². The van der Waals surface area contributed by atoms with E-state index in [0.29, 0.717) is 6.61 Å². The van der Waals surface area contributed by atoms with Gasteiger partial charge in [0.15, 0.2) is 8.32 Å². The van der Waals surface area contributed by atoms with E-state index in [-0.39, 0.29) is 34.9 Å². The Hall–Kier alpha value is -0.163. The van der Waals surface area contributed by atoms with Crippen LogP contribution in [0.5, 0.6) is 0 Å². The van der Waals surface area contributed by atoms with Gasteiger partial charge in [0.2, 0.25) is 0 Å². The zero-order valence-corrected chi connectivity index (χ0v) is 15.0. The van der Waals surface area contributed by atoms with Crippen LogP contribution in [-0.4, -0.2) is 38.8 Å². The van der Waals surface area contributed by atoms with Gasteiger partial charge >= 0.3 is 0 Å². The van der Waals surface area contributed by atoms with Gasteiger partial charge in [-0.2, -0.15) is 0 Å². The minimum absolute atomic E-state index is 0.0337. The standard InChI is InChI=1S/C16H30O3Si/c1-9-11(2)16-10-17-13(12(3)18-16)14(16)19-20(7,8)15(4,5)6/h9,11-14H,1,10H2,2-8H3/t11-,12-,13-,14-,16+/m0/s1. The van der Waals surface area contributed by atoms with E-state index in [2.05, 4.69) is 54.3 Å². The molecule has 2 saturated heterocycles. The van der Waals surface area contributed by atoms with E-state index in [9.17, 15) is 0 Å². The zero-order valence-electron chi connectivity index (χ0n) is 14.0. The Balaban J connectivity index is 2.29. The third-order valence-electron chi connectivity index (χ3n) is 5.50. The van der Waals surface area contributed by atoms with Crippen molar-refractivity contribution >= 4 is 8.32 Å². The normalized spacial score (nSPS) is 39.0. The molecule has 2 heterocycles. The van der Waals surface area contributed by atoms with E-state index in [1.165, 1.54) is 0 Å². The second-order valence-electron chi connectivity index (χ2n) is 7.88. The number of hydrogen-bond donors (Lipinski definition) is 0. The molecule has 2 aliphatic rings. The second kappa shape index (κ2) is 4.94. The highest BCUT2D eigenvalue weighted by Crippen LogP contribution is 2.49. The maximum absolute atomic E-state index is 6.69. The zero-order chi connectivity index (χ0) is 15.3. The van der Waals surface area contributed by atoms with E-state index in [1.54, 1.807) is 0 Å². The molecule has 2 bridgehead atoms. The Morgan fingerprint density at radius 2 is 2.00 bits per heavy atom. The minimum Gasteiger partial charge on any atom is -0.408 e. The van der Waals surface area contributed by atoms with Crippen molar-refractivity contribution in [3.05, 3.63) is 12.7 Å². The molecule has 0 aromatic heterocycles. The summed E-state index contributed by atoms with van der Waals surface area (Å²) >= 11 is 0. The topological polar surface area (TPSA) is 27.7 Å². The summed E-state index contributed by atoms with van der Waals surface area (Å²) in [5, 5.41) is 0.191. The quantitative estimate of drug-likeness (QED) is 0.584. The molecule has 2 aliphatic heterocycles. The third kappa shape index (κ3) is 2.30. The Kier molecular flexibility index (Phi) is 4.00. The maximum atomic E-state index is 6.69. The summed E-state index contributed by atoms with van der Waals surface area (Å²) < 4.78 is 18.9. The number of hydrogen-bond acceptors (Lipinski definition) is 3. The van der Waals surface area contributed by atoms with Crippen LogP contribution in [-0.2, 0) is 13.9 Å². The van der Waals surface area contributed by atoms with E-state index in [0.717, 1.165) is 0 Å². The van der Waals surface area contributed by atoms with Crippen molar-refractivity contribution < 1.29 is 13.9 Å². The van der Waals surface area contributed by atoms with Gasteiger partial charge in [0.1, 0.15) is 17.8 Å². The first-order valence-corrected chi connectivity index (χ1v) is 10.6. The van der Waals surface area contributed by atoms with Gasteiger partial charge < -0.3 is 13.9 Å². The highest BCUT2D eigenvalue weighted by Gasteiger charge is 2.64. The fraction of sp³-hybridized carbons (Fsp3) is 0.875. The summed E-state index contributed by atoms with van der Waals surface area (Å²) in [6.07, 6.45) is 2.16. The van der Waals surface area contributed by atoms with Crippen molar-refractivity contribution in [2.75, 3.05) is 6.61 Å². The molecule has 2 rings (SSSR count). The SMILES string of the molecule is C=C[C@H](C)[C@@]12CO[C@@H]([C@H](C)O1)[C@@H]2O[Si](C)(C)C(C)(C)C. The molecule has 0 N–H and O–H groups in total. The van der Waals surface area contributed by atoms with Crippen molar-refractivity contribution in [1.29, 1.82) is 0 Å². The van der Waals surface area contributed by atoms with Crippen LogP contribution >= 0.6 is 0 Å². The first-order valence-electron chi connectivity index (χ1n) is 7.65. The molecule has 0 amide bonds. The molecule has 5 atom stereocenters. The smallest absolute Gasteiger partial charge is 0.192 e. The van der Waals surface area contributed by atoms with Crippen LogP contribution in [0.25, 0.3) is 0 Å². The van der Waals surface area contributed by atoms with Crippen LogP contribution in [0.2, 0.25) is 18.1 Å². The van der Waals surface area contributed by atoms with Gasteiger partial charge in [-0.15, -0.1) is 6.58 Å². The van der Waals surface area contributed by atoms with Gasteiger partial charge in [-0.3, -0.25) is 0 Å². The van der Waals surface area contributed by atoms with Gasteiger partial charge in [0.05, 0.1) is 12.7 Å². The summed E-state index contributed by atoms with van der Waals surface area (Å²) in [5.41, 5.74) is -0.346. The first kappa shape index (κ1) is 16.2. The lowest BCUT2D eigenvalue weighted by Gasteiger charge is -2.42. The van der Waals surface area contributed by atoms with Crippen LogP contribution in [0.4, 0.5) is 0 Å². The van der Waals surface area contributed by atoms with Crippen molar-refractivity contribution in [3.63, 3.8) is 0 Å². The Labute approximate surface area is 124 Å². The Morgan fingerprint density at radius 1 is 1.40 bits per heavy atom. The second-order valence-corrected chi connectivity index (χ2v) is 12.6. The molecule has 0 aromatic carbocycles. The van der Waals surface area contributed by atoms with E-state index in [1.807, 2.05) is 6.08 Å². The van der Waals surface area contributed by atoms with Gasteiger partial charge in [0, 0.05) is 5.92 Å². The number of fused-ring (bicyclic) bond motifs is 2. The highest BCUT2D eigenvalue weighted by molar-refractivity contribution is 6.74. The molecular weight excluding hydrogens is 268 g/mol. The molecular formula is C16H30O3Si. The number of ether oxygens (including phenoxy) is 2. The Morgan fingerprint density at radius 3 is 2.45 bits per heavy atom. The van der Waals surface area contributed by atoms with E-state index >= 15 is 0 Å². The highest BCUT2D eigenvalue weighted by atomic mass is 28.4. The molecule has 2 fully saturated rings. The molecule has 116 valence electrons. The molecule has 20 heavy (non-hydrogen) atoms. The third-order valence-corrected chi connectivity index (χ3v) is 9.96. The lowest BCUT2D eigenvalue weighted by molar-refractivity contribution is -0.152. The minimum atomic E-state index is -1.84. The van der Waals surface area contributed by atoms with Gasteiger partial charge in [-0.25, -0.2) is 0 Å². The van der Waals surface area contributed by atoms with Crippen LogP contribution in [0.15, 0.2) is 12.7 Å². The predicted molar refractivity (Wildman–Crippen MR) is 84.4 cm³/mol. The van der Waals surface area contributed by atoms with E-state index < -0.39 is 8.32 Å². The molecule has 0 radical (unpaired) electrons. The predicted octanol–water partition coefficient (Wildman–Crippen LogP) is 3.76. The van der Waals surface area contributed by atoms with Crippen LogP contribution in [0, 0.1) is 5.92 Å². The fourth-order valence-electron chi connectivity index (χ4n) is 2.93. The average molecular weight is 298 g/mol. The van der Waals surface area contributed by atoms with Gasteiger partial charge in [0.25, 0.3) is 0 Å². The summed E-state index contributed by atoms with van der Waals surface area (Å²) in [4.78, 5) is 0. The van der Waals surface area contributed by atoms with E-state index in [4.69, 9.17) is 13.9 Å². The van der Waals surface area contributed by atoms with Gasteiger partial charge in [-0.1, -0.05) is 33.8 Å². The average Bonchev–Trinajstić information content (AvgIpc) is 2.78. The number of rotatable bonds is 4. The van der Waals surface area contributed by atoms with Crippen LogP contribution in [0.1, 0.15) is 34.6 Å². The van der Waals surface area contributed by atoms with Crippen molar-refractivity contribution in [2.45, 2.75) is 76.7 Å². The molecule has 0 unspecified atom stereocenters. The monoisotopic (exact) mass is 298 g/mol. The summed E-state index contributed by atoms with van der Waals surface area (Å²) in [7, 11) is -1.84.